The van der Waals surface area contributed by atoms with E-state index in [0.29, 0.717) is 29.1 Å². The van der Waals surface area contributed by atoms with Crippen molar-refractivity contribution in [1.82, 2.24) is 0 Å². The van der Waals surface area contributed by atoms with E-state index in [1.54, 1.807) is 6.07 Å². The monoisotopic (exact) mass is 296 g/mol. The standard InChI is InChI=1S/C14H14F2N2OS/c1-8(19)14-12(17)7-13(20-14)18-3-2-9-4-10(15)6-11(16)5-9/h4-7,18H,2-3,17H2,1H3. The lowest BCUT2D eigenvalue weighted by atomic mass is 10.1. The first-order valence-electron chi connectivity index (χ1n) is 6.05. The minimum absolute atomic E-state index is 0.0762. The number of hydrogen-bond acceptors (Lipinski definition) is 4. The molecule has 1 aromatic carbocycles. The minimum Gasteiger partial charge on any atom is -0.397 e. The average Bonchev–Trinajstić information content (AvgIpc) is 2.69. The summed E-state index contributed by atoms with van der Waals surface area (Å²) in [5.41, 5.74) is 6.74. The first kappa shape index (κ1) is 14.5. The van der Waals surface area contributed by atoms with Crippen molar-refractivity contribution in [3.63, 3.8) is 0 Å². The number of nitrogens with two attached hydrogens (primary N) is 1. The van der Waals surface area contributed by atoms with Gasteiger partial charge in [0.15, 0.2) is 5.78 Å². The number of anilines is 2. The topological polar surface area (TPSA) is 55.1 Å². The molecule has 0 saturated carbocycles. The fourth-order valence-electron chi connectivity index (χ4n) is 1.85. The molecule has 0 aliphatic heterocycles. The lowest BCUT2D eigenvalue weighted by molar-refractivity contribution is 0.102. The second-order valence-corrected chi connectivity index (χ2v) is 5.46. The zero-order valence-electron chi connectivity index (χ0n) is 10.9. The van der Waals surface area contributed by atoms with Crippen LogP contribution in [0.1, 0.15) is 22.2 Å². The van der Waals surface area contributed by atoms with Gasteiger partial charge in [0.25, 0.3) is 0 Å². The molecule has 0 radical (unpaired) electrons. The van der Waals surface area contributed by atoms with Crippen molar-refractivity contribution in [2.75, 3.05) is 17.6 Å². The number of Topliss-reactive ketones (excluding diaryl/α,β-unsaturated/α-hetero) is 1. The Hall–Kier alpha value is -1.95. The number of halogens is 2. The third-order valence-electron chi connectivity index (χ3n) is 2.72. The number of carbonyl (C=O) groups is 1. The molecule has 0 aliphatic rings. The van der Waals surface area contributed by atoms with Crippen molar-refractivity contribution in [2.24, 2.45) is 0 Å². The Balaban J connectivity index is 1.96. The summed E-state index contributed by atoms with van der Waals surface area (Å²) in [4.78, 5) is 11.8. The Morgan fingerprint density at radius 1 is 1.25 bits per heavy atom. The number of nitrogen functional groups attached to an aromatic ring is 1. The van der Waals surface area contributed by atoms with Crippen molar-refractivity contribution in [1.29, 1.82) is 0 Å². The first-order chi connectivity index (χ1) is 9.45. The van der Waals surface area contributed by atoms with Crippen molar-refractivity contribution >= 4 is 27.8 Å². The molecule has 1 heterocycles. The molecule has 0 atom stereocenters. The van der Waals surface area contributed by atoms with Gasteiger partial charge >= 0.3 is 0 Å². The molecule has 1 aromatic heterocycles. The lowest BCUT2D eigenvalue weighted by Crippen LogP contribution is -2.04. The van der Waals surface area contributed by atoms with Crippen LogP contribution in [0.5, 0.6) is 0 Å². The van der Waals surface area contributed by atoms with E-state index in [1.165, 1.54) is 30.4 Å². The van der Waals surface area contributed by atoms with Crippen molar-refractivity contribution < 1.29 is 13.6 Å². The molecule has 2 aromatic rings. The van der Waals surface area contributed by atoms with Gasteiger partial charge in [-0.3, -0.25) is 4.79 Å². The Kier molecular flexibility index (Phi) is 4.34. The fraction of sp³-hybridized carbons (Fsp3) is 0.214. The molecule has 0 aliphatic carbocycles. The van der Waals surface area contributed by atoms with Gasteiger partial charge in [-0.05, 0) is 30.2 Å². The highest BCUT2D eigenvalue weighted by Crippen LogP contribution is 2.29. The van der Waals surface area contributed by atoms with Crippen LogP contribution in [0.2, 0.25) is 0 Å². The molecule has 3 nitrogen and oxygen atoms in total. The van der Waals surface area contributed by atoms with E-state index in [1.807, 2.05) is 0 Å². The smallest absolute Gasteiger partial charge is 0.171 e. The molecule has 20 heavy (non-hydrogen) atoms. The summed E-state index contributed by atoms with van der Waals surface area (Å²) >= 11 is 1.28. The van der Waals surface area contributed by atoms with Gasteiger partial charge in [-0.15, -0.1) is 11.3 Å². The van der Waals surface area contributed by atoms with E-state index < -0.39 is 11.6 Å². The van der Waals surface area contributed by atoms with Crippen LogP contribution in [0.15, 0.2) is 24.3 Å². The number of ketones is 1. The Morgan fingerprint density at radius 3 is 2.45 bits per heavy atom. The molecular formula is C14H14F2N2OS. The summed E-state index contributed by atoms with van der Waals surface area (Å²) in [6.45, 7) is 1.96. The number of benzene rings is 1. The first-order valence-corrected chi connectivity index (χ1v) is 6.86. The molecule has 0 amide bonds. The third-order valence-corrected chi connectivity index (χ3v) is 3.93. The van der Waals surface area contributed by atoms with Crippen LogP contribution in [-0.2, 0) is 6.42 Å². The number of hydrogen-bond donors (Lipinski definition) is 2. The zero-order chi connectivity index (χ0) is 14.7. The average molecular weight is 296 g/mol. The highest BCUT2D eigenvalue weighted by atomic mass is 32.1. The summed E-state index contributed by atoms with van der Waals surface area (Å²) in [7, 11) is 0. The van der Waals surface area contributed by atoms with Crippen LogP contribution in [0, 0.1) is 11.6 Å². The summed E-state index contributed by atoms with van der Waals surface area (Å²) < 4.78 is 26.0. The maximum absolute atomic E-state index is 13.0. The SMILES string of the molecule is CC(=O)c1sc(NCCc2cc(F)cc(F)c2)cc1N. The van der Waals surface area contributed by atoms with Crippen molar-refractivity contribution in [3.05, 3.63) is 46.3 Å². The summed E-state index contributed by atoms with van der Waals surface area (Å²) in [5, 5.41) is 3.86. The van der Waals surface area contributed by atoms with Crippen LogP contribution in [-0.4, -0.2) is 12.3 Å². The van der Waals surface area contributed by atoms with Gasteiger partial charge in [0.1, 0.15) is 11.6 Å². The molecule has 106 valence electrons. The minimum atomic E-state index is -0.584. The number of nitrogens with one attached hydrogen (secondary N) is 1. The van der Waals surface area contributed by atoms with Gasteiger partial charge in [-0.2, -0.15) is 0 Å². The number of thiophene rings is 1. The van der Waals surface area contributed by atoms with E-state index in [-0.39, 0.29) is 5.78 Å². The Morgan fingerprint density at radius 2 is 1.90 bits per heavy atom. The number of rotatable bonds is 5. The molecule has 0 saturated heterocycles. The molecule has 2 rings (SSSR count). The van der Waals surface area contributed by atoms with E-state index in [2.05, 4.69) is 5.32 Å². The Labute approximate surface area is 119 Å². The van der Waals surface area contributed by atoms with Gasteiger partial charge in [-0.1, -0.05) is 0 Å². The predicted octanol–water partition coefficient (Wildman–Crippen LogP) is 3.47. The molecule has 3 N–H and O–H groups in total. The summed E-state index contributed by atoms with van der Waals surface area (Å²) in [6.07, 6.45) is 0.474. The third kappa shape index (κ3) is 3.54. The van der Waals surface area contributed by atoms with Crippen molar-refractivity contribution in [2.45, 2.75) is 13.3 Å². The lowest BCUT2D eigenvalue weighted by Gasteiger charge is -2.04. The molecule has 0 spiro atoms. The van der Waals surface area contributed by atoms with Crippen LogP contribution in [0.4, 0.5) is 19.5 Å². The van der Waals surface area contributed by atoms with E-state index >= 15 is 0 Å². The van der Waals surface area contributed by atoms with Crippen molar-refractivity contribution in [3.8, 4) is 0 Å². The molecule has 6 heteroatoms. The van der Waals surface area contributed by atoms with E-state index in [0.717, 1.165) is 11.1 Å². The van der Waals surface area contributed by atoms with Gasteiger partial charge in [0, 0.05) is 19.5 Å². The molecule has 0 unspecified atom stereocenters. The van der Waals surface area contributed by atoms with Crippen LogP contribution in [0.25, 0.3) is 0 Å². The predicted molar refractivity (Wildman–Crippen MR) is 77.3 cm³/mol. The second kappa shape index (κ2) is 6.00. The second-order valence-electron chi connectivity index (χ2n) is 4.41. The highest BCUT2D eigenvalue weighted by molar-refractivity contribution is 7.18. The van der Waals surface area contributed by atoms with E-state index in [4.69, 9.17) is 5.73 Å². The molecular weight excluding hydrogens is 282 g/mol. The summed E-state index contributed by atoms with van der Waals surface area (Å²) in [5.74, 6) is -1.24. The zero-order valence-corrected chi connectivity index (χ0v) is 11.7. The summed E-state index contributed by atoms with van der Waals surface area (Å²) in [6, 6.07) is 5.13. The molecule has 0 fully saturated rings. The van der Waals surface area contributed by atoms with Crippen LogP contribution in [0.3, 0.4) is 0 Å². The fourth-order valence-corrected chi connectivity index (χ4v) is 2.75. The maximum Gasteiger partial charge on any atom is 0.171 e. The van der Waals surface area contributed by atoms with Gasteiger partial charge in [-0.25, -0.2) is 8.78 Å². The van der Waals surface area contributed by atoms with E-state index in [9.17, 15) is 13.6 Å². The largest absolute Gasteiger partial charge is 0.397 e. The van der Waals surface area contributed by atoms with Crippen LogP contribution < -0.4 is 11.1 Å². The van der Waals surface area contributed by atoms with Gasteiger partial charge in [0.05, 0.1) is 15.6 Å². The highest BCUT2D eigenvalue weighted by Gasteiger charge is 2.10. The quantitative estimate of drug-likeness (QED) is 0.831. The Bertz CT molecular complexity index is 620. The van der Waals surface area contributed by atoms with Gasteiger partial charge < -0.3 is 11.1 Å². The van der Waals surface area contributed by atoms with Crippen LogP contribution >= 0.6 is 11.3 Å². The number of carbonyl (C=O) groups excluding carboxylic acids is 1. The van der Waals surface area contributed by atoms with Gasteiger partial charge in [0.2, 0.25) is 0 Å². The maximum atomic E-state index is 13.0. The molecule has 0 bridgehead atoms. The normalized spacial score (nSPS) is 10.6.